The number of hydrazone groups is 1. The molecule has 1 atom stereocenters. The second-order valence-electron chi connectivity index (χ2n) is 7.85. The number of benzene rings is 1. The fourth-order valence-electron chi connectivity index (χ4n) is 5.36. The van der Waals surface area contributed by atoms with Crippen LogP contribution in [0, 0.1) is 11.8 Å². The van der Waals surface area contributed by atoms with E-state index in [1.54, 1.807) is 0 Å². The van der Waals surface area contributed by atoms with Gasteiger partial charge in [-0.15, -0.1) is 0 Å². The molecule has 4 heteroatoms. The Labute approximate surface area is 138 Å². The first-order valence-corrected chi connectivity index (χ1v) is 9.22. The van der Waals surface area contributed by atoms with Crippen molar-refractivity contribution in [2.24, 2.45) is 16.9 Å². The molecule has 4 nitrogen and oxygen atoms in total. The third kappa shape index (κ3) is 1.93. The van der Waals surface area contributed by atoms with Crippen LogP contribution in [0.25, 0.3) is 0 Å². The zero-order chi connectivity index (χ0) is 15.4. The normalized spacial score (nSPS) is 34.8. The van der Waals surface area contributed by atoms with Gasteiger partial charge in [0.15, 0.2) is 5.84 Å². The lowest BCUT2D eigenvalue weighted by Gasteiger charge is -2.53. The number of aryl methyl sites for hydroxylation is 1. The van der Waals surface area contributed by atoms with Gasteiger partial charge in [0.25, 0.3) is 0 Å². The van der Waals surface area contributed by atoms with E-state index in [2.05, 4.69) is 40.9 Å². The van der Waals surface area contributed by atoms with Crippen LogP contribution in [0.5, 0.6) is 0 Å². The predicted molar refractivity (Wildman–Crippen MR) is 93.5 cm³/mol. The van der Waals surface area contributed by atoms with E-state index in [0.29, 0.717) is 0 Å². The molecule has 0 radical (unpaired) electrons. The highest BCUT2D eigenvalue weighted by atomic mass is 15.5. The summed E-state index contributed by atoms with van der Waals surface area (Å²) in [6, 6.07) is 6.81. The Balaban J connectivity index is 1.46. The number of hydrogen-bond acceptors (Lipinski definition) is 4. The van der Waals surface area contributed by atoms with Gasteiger partial charge in [0.05, 0.1) is 0 Å². The van der Waals surface area contributed by atoms with Crippen LogP contribution in [-0.2, 0) is 6.42 Å². The van der Waals surface area contributed by atoms with Crippen molar-refractivity contribution in [1.82, 2.24) is 10.3 Å². The Morgan fingerprint density at radius 2 is 2.09 bits per heavy atom. The highest BCUT2D eigenvalue weighted by Crippen LogP contribution is 2.50. The van der Waals surface area contributed by atoms with Gasteiger partial charge in [0, 0.05) is 30.8 Å². The van der Waals surface area contributed by atoms with E-state index >= 15 is 0 Å². The molecule has 23 heavy (non-hydrogen) atoms. The Morgan fingerprint density at radius 1 is 1.22 bits per heavy atom. The molecular weight excluding hydrogens is 284 g/mol. The number of nitrogens with one attached hydrogen (secondary N) is 2. The van der Waals surface area contributed by atoms with Crippen molar-refractivity contribution < 1.29 is 0 Å². The minimum atomic E-state index is 0.0879. The summed E-state index contributed by atoms with van der Waals surface area (Å²) in [4.78, 5) is 2.46. The van der Waals surface area contributed by atoms with Crippen molar-refractivity contribution in [2.75, 3.05) is 18.9 Å². The van der Waals surface area contributed by atoms with E-state index in [-0.39, 0.29) is 5.66 Å². The Morgan fingerprint density at radius 3 is 2.87 bits per heavy atom. The number of hydrogen-bond donors (Lipinski definition) is 2. The summed E-state index contributed by atoms with van der Waals surface area (Å²) in [6.07, 6.45) is 9.22. The largest absolute Gasteiger partial charge is 0.385 e. The summed E-state index contributed by atoms with van der Waals surface area (Å²) in [5.41, 5.74) is 7.68. The van der Waals surface area contributed by atoms with Crippen LogP contribution >= 0.6 is 0 Å². The van der Waals surface area contributed by atoms with Gasteiger partial charge in [-0.25, -0.2) is 0 Å². The minimum Gasteiger partial charge on any atom is -0.385 e. The first-order chi connectivity index (χ1) is 11.3. The lowest BCUT2D eigenvalue weighted by molar-refractivity contribution is -0.0197. The molecule has 1 aromatic carbocycles. The summed E-state index contributed by atoms with van der Waals surface area (Å²) in [5.74, 6) is 2.77. The molecule has 6 rings (SSSR count). The third-order valence-electron chi connectivity index (χ3n) is 6.70. The summed E-state index contributed by atoms with van der Waals surface area (Å²) >= 11 is 0. The fraction of sp³-hybridized carbons (Fsp3) is 0.632. The molecule has 0 amide bonds. The van der Waals surface area contributed by atoms with Crippen LogP contribution in [0.3, 0.4) is 0 Å². The Kier molecular flexibility index (Phi) is 2.91. The molecule has 2 aliphatic heterocycles. The third-order valence-corrected chi connectivity index (χ3v) is 6.70. The molecule has 2 N–H and O–H groups in total. The van der Waals surface area contributed by atoms with Gasteiger partial charge in [-0.1, -0.05) is 0 Å². The SMILES string of the molecule is CN1C(c2ccc3c(c2)CCCN3)=NN[C@]12CC1CCC2CC1. The Hall–Kier alpha value is -1.71. The number of nitrogens with zero attached hydrogens (tertiary/aromatic N) is 2. The maximum absolute atomic E-state index is 4.80. The molecule has 1 aromatic rings. The summed E-state index contributed by atoms with van der Waals surface area (Å²) < 4.78 is 0. The van der Waals surface area contributed by atoms with Crippen molar-refractivity contribution in [1.29, 1.82) is 0 Å². The molecular formula is C19H26N4. The minimum absolute atomic E-state index is 0.0879. The average molecular weight is 310 g/mol. The zero-order valence-electron chi connectivity index (χ0n) is 13.9. The molecule has 3 aliphatic carbocycles. The quantitative estimate of drug-likeness (QED) is 0.837. The van der Waals surface area contributed by atoms with Crippen LogP contribution in [-0.4, -0.2) is 30.0 Å². The molecule has 1 spiro atoms. The van der Waals surface area contributed by atoms with E-state index in [4.69, 9.17) is 5.10 Å². The monoisotopic (exact) mass is 310 g/mol. The fourth-order valence-corrected chi connectivity index (χ4v) is 5.36. The van der Waals surface area contributed by atoms with E-state index in [1.807, 2.05) is 0 Å². The molecule has 0 aromatic heterocycles. The first-order valence-electron chi connectivity index (χ1n) is 9.22. The molecule has 3 saturated carbocycles. The topological polar surface area (TPSA) is 39.7 Å². The number of fused-ring (bicyclic) bond motifs is 3. The standard InChI is InChI=1S/C19H26N4/c1-23-18(15-6-9-17-14(11-15)3-2-10-20-17)21-22-19(23)12-13-4-7-16(19)8-5-13/h6,9,11,13,16,20,22H,2-5,7-8,10,12H2,1H3/t13?,16?,19-/m1/s1. The van der Waals surface area contributed by atoms with Crippen LogP contribution in [0.2, 0.25) is 0 Å². The van der Waals surface area contributed by atoms with E-state index in [1.165, 1.54) is 61.8 Å². The highest BCUT2D eigenvalue weighted by molar-refractivity contribution is 6.00. The van der Waals surface area contributed by atoms with Crippen LogP contribution in [0.15, 0.2) is 23.3 Å². The van der Waals surface area contributed by atoms with Gasteiger partial charge in [0.2, 0.25) is 0 Å². The summed E-state index contributed by atoms with van der Waals surface area (Å²) in [7, 11) is 2.25. The smallest absolute Gasteiger partial charge is 0.157 e. The van der Waals surface area contributed by atoms with Gasteiger partial charge < -0.3 is 10.2 Å². The van der Waals surface area contributed by atoms with Crippen LogP contribution in [0.1, 0.15) is 49.7 Å². The molecule has 3 fully saturated rings. The lowest BCUT2D eigenvalue weighted by atomic mass is 9.64. The van der Waals surface area contributed by atoms with Gasteiger partial charge in [0.1, 0.15) is 5.66 Å². The lowest BCUT2D eigenvalue weighted by Crippen LogP contribution is -2.62. The average Bonchev–Trinajstić information content (AvgIpc) is 2.92. The van der Waals surface area contributed by atoms with Crippen LogP contribution in [0.4, 0.5) is 5.69 Å². The van der Waals surface area contributed by atoms with Crippen LogP contribution < -0.4 is 10.7 Å². The first kappa shape index (κ1) is 13.7. The number of anilines is 1. The number of rotatable bonds is 1. The second kappa shape index (κ2) is 4.89. The summed E-state index contributed by atoms with van der Waals surface area (Å²) in [6.45, 7) is 1.10. The number of amidine groups is 1. The highest BCUT2D eigenvalue weighted by Gasteiger charge is 2.53. The molecule has 0 saturated heterocycles. The molecule has 0 unspecified atom stereocenters. The van der Waals surface area contributed by atoms with Crippen molar-refractivity contribution in [2.45, 2.75) is 50.6 Å². The van der Waals surface area contributed by atoms with Crippen molar-refractivity contribution >= 4 is 11.5 Å². The van der Waals surface area contributed by atoms with E-state index in [0.717, 1.165) is 24.2 Å². The maximum atomic E-state index is 4.80. The van der Waals surface area contributed by atoms with E-state index < -0.39 is 0 Å². The second-order valence-corrected chi connectivity index (χ2v) is 7.85. The summed E-state index contributed by atoms with van der Waals surface area (Å²) in [5, 5.41) is 8.31. The zero-order valence-corrected chi connectivity index (χ0v) is 13.9. The maximum Gasteiger partial charge on any atom is 0.157 e. The molecule has 5 aliphatic rings. The van der Waals surface area contributed by atoms with Gasteiger partial charge in [-0.3, -0.25) is 5.43 Å². The molecule has 122 valence electrons. The van der Waals surface area contributed by atoms with Gasteiger partial charge >= 0.3 is 0 Å². The molecule has 2 heterocycles. The predicted octanol–water partition coefficient (Wildman–Crippen LogP) is 3.15. The van der Waals surface area contributed by atoms with Crippen molar-refractivity contribution in [3.05, 3.63) is 29.3 Å². The van der Waals surface area contributed by atoms with E-state index in [9.17, 15) is 0 Å². The van der Waals surface area contributed by atoms with Crippen molar-refractivity contribution in [3.63, 3.8) is 0 Å². The van der Waals surface area contributed by atoms with Gasteiger partial charge in [-0.05, 0) is 74.6 Å². The molecule has 2 bridgehead atoms. The Bertz CT molecular complexity index is 659. The van der Waals surface area contributed by atoms with Crippen molar-refractivity contribution in [3.8, 4) is 0 Å². The van der Waals surface area contributed by atoms with Gasteiger partial charge in [-0.2, -0.15) is 5.10 Å².